The molecule has 6 heteroatoms. The number of aryl methyl sites for hydroxylation is 1. The van der Waals surface area contributed by atoms with Crippen LogP contribution in [-0.4, -0.2) is 46.7 Å². The molecule has 2 heterocycles. The molecule has 1 aliphatic heterocycles. The average molecular weight is 294 g/mol. The maximum atomic E-state index is 11.8. The van der Waals surface area contributed by atoms with Crippen LogP contribution in [0.4, 0.5) is 5.82 Å². The van der Waals surface area contributed by atoms with Crippen molar-refractivity contribution in [1.82, 2.24) is 14.5 Å². The van der Waals surface area contributed by atoms with Crippen LogP contribution in [0.3, 0.4) is 0 Å². The van der Waals surface area contributed by atoms with Gasteiger partial charge in [-0.3, -0.25) is 0 Å². The van der Waals surface area contributed by atoms with Crippen LogP contribution >= 0.6 is 0 Å². The van der Waals surface area contributed by atoms with Crippen molar-refractivity contribution in [3.05, 3.63) is 11.5 Å². The zero-order valence-corrected chi connectivity index (χ0v) is 13.3. The molecule has 0 bridgehead atoms. The first-order valence-electron chi connectivity index (χ1n) is 7.78. The van der Waals surface area contributed by atoms with E-state index >= 15 is 0 Å². The first kappa shape index (κ1) is 15.8. The van der Waals surface area contributed by atoms with Crippen molar-refractivity contribution < 1.29 is 9.53 Å². The minimum Gasteiger partial charge on any atom is -0.461 e. The molecule has 2 rings (SSSR count). The molecule has 0 aliphatic carbocycles. The van der Waals surface area contributed by atoms with E-state index in [0.29, 0.717) is 18.3 Å². The van der Waals surface area contributed by atoms with Crippen molar-refractivity contribution >= 4 is 11.8 Å². The van der Waals surface area contributed by atoms with E-state index < -0.39 is 5.97 Å². The van der Waals surface area contributed by atoms with E-state index in [1.807, 2.05) is 11.5 Å². The topological polar surface area (TPSA) is 73.4 Å². The van der Waals surface area contributed by atoms with E-state index in [-0.39, 0.29) is 5.69 Å². The summed E-state index contributed by atoms with van der Waals surface area (Å²) < 4.78 is 6.95. The fourth-order valence-electron chi connectivity index (χ4n) is 2.91. The Labute approximate surface area is 126 Å². The van der Waals surface area contributed by atoms with Crippen LogP contribution < -0.4 is 5.73 Å². The lowest BCUT2D eigenvalue weighted by Crippen LogP contribution is -2.35. The molecule has 1 saturated heterocycles. The lowest BCUT2D eigenvalue weighted by Gasteiger charge is -2.31. The molecule has 0 saturated carbocycles. The number of imidazole rings is 1. The molecule has 21 heavy (non-hydrogen) atoms. The van der Waals surface area contributed by atoms with Crippen LogP contribution in [0.1, 0.15) is 43.0 Å². The second-order valence-electron chi connectivity index (χ2n) is 5.60. The highest BCUT2D eigenvalue weighted by atomic mass is 16.5. The molecule has 0 atom stereocenters. The highest BCUT2D eigenvalue weighted by Gasteiger charge is 2.23. The van der Waals surface area contributed by atoms with E-state index in [9.17, 15) is 4.79 Å². The van der Waals surface area contributed by atoms with Gasteiger partial charge in [-0.2, -0.15) is 0 Å². The Balaban J connectivity index is 2.05. The van der Waals surface area contributed by atoms with Gasteiger partial charge in [0.15, 0.2) is 5.69 Å². The summed E-state index contributed by atoms with van der Waals surface area (Å²) in [5, 5.41) is 0. The van der Waals surface area contributed by atoms with Crippen LogP contribution in [-0.2, 0) is 11.3 Å². The smallest absolute Gasteiger partial charge is 0.360 e. The summed E-state index contributed by atoms with van der Waals surface area (Å²) in [5.74, 6) is 1.38. The summed E-state index contributed by atoms with van der Waals surface area (Å²) in [4.78, 5) is 18.6. The molecular weight excluding hydrogens is 268 g/mol. The van der Waals surface area contributed by atoms with Gasteiger partial charge in [0.1, 0.15) is 11.6 Å². The van der Waals surface area contributed by atoms with Gasteiger partial charge in [0.05, 0.1) is 6.61 Å². The number of piperidine rings is 1. The average Bonchev–Trinajstić information content (AvgIpc) is 2.76. The molecule has 0 radical (unpaired) electrons. The Kier molecular flexibility index (Phi) is 5.22. The quantitative estimate of drug-likeness (QED) is 0.836. The molecule has 1 fully saturated rings. The Morgan fingerprint density at radius 2 is 2.05 bits per heavy atom. The van der Waals surface area contributed by atoms with E-state index in [4.69, 9.17) is 10.5 Å². The predicted octanol–water partition coefficient (Wildman–Crippen LogP) is 1.68. The number of esters is 1. The summed E-state index contributed by atoms with van der Waals surface area (Å²) in [6, 6.07) is 0. The zero-order chi connectivity index (χ0) is 15.4. The van der Waals surface area contributed by atoms with E-state index in [0.717, 1.165) is 32.0 Å². The summed E-state index contributed by atoms with van der Waals surface area (Å²) >= 11 is 0. The van der Waals surface area contributed by atoms with E-state index in [2.05, 4.69) is 16.8 Å². The Morgan fingerprint density at radius 1 is 1.38 bits per heavy atom. The van der Waals surface area contributed by atoms with Gasteiger partial charge in [0.2, 0.25) is 0 Å². The molecule has 0 spiro atoms. The molecule has 6 nitrogen and oxygen atoms in total. The zero-order valence-electron chi connectivity index (χ0n) is 13.3. The Morgan fingerprint density at radius 3 is 2.62 bits per heavy atom. The van der Waals surface area contributed by atoms with Gasteiger partial charge >= 0.3 is 5.97 Å². The molecule has 0 unspecified atom stereocenters. The third-order valence-corrected chi connectivity index (χ3v) is 4.26. The van der Waals surface area contributed by atoms with E-state index in [1.165, 1.54) is 12.8 Å². The minimum absolute atomic E-state index is 0.250. The van der Waals surface area contributed by atoms with Crippen LogP contribution in [0.25, 0.3) is 0 Å². The molecule has 118 valence electrons. The Hall–Kier alpha value is -1.56. The summed E-state index contributed by atoms with van der Waals surface area (Å²) in [7, 11) is 0. The van der Waals surface area contributed by atoms with Crippen LogP contribution in [0.2, 0.25) is 0 Å². The third-order valence-electron chi connectivity index (χ3n) is 4.26. The summed E-state index contributed by atoms with van der Waals surface area (Å²) in [6.07, 6.45) is 2.33. The molecule has 1 aliphatic rings. The first-order valence-corrected chi connectivity index (χ1v) is 7.78. The van der Waals surface area contributed by atoms with Gasteiger partial charge in [-0.15, -0.1) is 0 Å². The maximum Gasteiger partial charge on any atom is 0.360 e. The molecular formula is C15H26N4O2. The van der Waals surface area contributed by atoms with Crippen molar-refractivity contribution in [2.24, 2.45) is 5.92 Å². The number of likely N-dealkylation sites (tertiary alicyclic amines) is 1. The monoisotopic (exact) mass is 294 g/mol. The normalized spacial score (nSPS) is 17.1. The second-order valence-corrected chi connectivity index (χ2v) is 5.60. The number of hydrogen-bond donors (Lipinski definition) is 1. The standard InChI is InChI=1S/C15H26N4O2/c1-4-18-8-6-12(7-9-18)10-19-11(3)17-13(14(19)16)15(20)21-5-2/h12H,4-10,16H2,1-3H3. The van der Waals surface area contributed by atoms with Gasteiger partial charge in [0, 0.05) is 6.54 Å². The van der Waals surface area contributed by atoms with Crippen molar-refractivity contribution in [3.63, 3.8) is 0 Å². The lowest BCUT2D eigenvalue weighted by atomic mass is 9.96. The van der Waals surface area contributed by atoms with Gasteiger partial charge in [-0.05, 0) is 52.2 Å². The number of nitrogen functional groups attached to an aromatic ring is 1. The maximum absolute atomic E-state index is 11.8. The highest BCUT2D eigenvalue weighted by Crippen LogP contribution is 2.23. The number of anilines is 1. The highest BCUT2D eigenvalue weighted by molar-refractivity contribution is 5.92. The number of carbonyl (C=O) groups excluding carboxylic acids is 1. The number of hydrogen-bond acceptors (Lipinski definition) is 5. The lowest BCUT2D eigenvalue weighted by molar-refractivity contribution is 0.0521. The molecule has 0 aromatic carbocycles. The van der Waals surface area contributed by atoms with Gasteiger partial charge in [0.25, 0.3) is 0 Å². The van der Waals surface area contributed by atoms with Crippen LogP contribution in [0.15, 0.2) is 0 Å². The van der Waals surface area contributed by atoms with Gasteiger partial charge in [-0.25, -0.2) is 9.78 Å². The largest absolute Gasteiger partial charge is 0.461 e. The number of ether oxygens (including phenoxy) is 1. The van der Waals surface area contributed by atoms with Crippen molar-refractivity contribution in [3.8, 4) is 0 Å². The van der Waals surface area contributed by atoms with Gasteiger partial charge < -0.3 is 19.9 Å². The van der Waals surface area contributed by atoms with Crippen molar-refractivity contribution in [1.29, 1.82) is 0 Å². The number of nitrogens with zero attached hydrogens (tertiary/aromatic N) is 3. The number of carbonyl (C=O) groups is 1. The Bertz CT molecular complexity index is 490. The van der Waals surface area contributed by atoms with E-state index in [1.54, 1.807) is 6.92 Å². The van der Waals surface area contributed by atoms with Crippen molar-refractivity contribution in [2.45, 2.75) is 40.2 Å². The van der Waals surface area contributed by atoms with Gasteiger partial charge in [-0.1, -0.05) is 6.92 Å². The van der Waals surface area contributed by atoms with Crippen LogP contribution in [0, 0.1) is 12.8 Å². The third kappa shape index (κ3) is 3.56. The predicted molar refractivity (Wildman–Crippen MR) is 82.2 cm³/mol. The molecule has 2 N–H and O–H groups in total. The number of aromatic nitrogens is 2. The summed E-state index contributed by atoms with van der Waals surface area (Å²) in [6.45, 7) is 10.4. The first-order chi connectivity index (χ1) is 10.1. The van der Waals surface area contributed by atoms with Crippen LogP contribution in [0.5, 0.6) is 0 Å². The number of nitrogens with two attached hydrogens (primary N) is 1. The molecule has 1 aromatic heterocycles. The van der Waals surface area contributed by atoms with Crippen molar-refractivity contribution in [2.75, 3.05) is 32.0 Å². The fraction of sp³-hybridized carbons (Fsp3) is 0.733. The molecule has 0 amide bonds. The SMILES string of the molecule is CCOC(=O)c1nc(C)n(CC2CCN(CC)CC2)c1N. The fourth-order valence-corrected chi connectivity index (χ4v) is 2.91. The summed E-state index contributed by atoms with van der Waals surface area (Å²) in [5.41, 5.74) is 6.35. The number of rotatable bonds is 5. The molecule has 1 aromatic rings. The minimum atomic E-state index is -0.433. The second kappa shape index (κ2) is 6.93.